The lowest BCUT2D eigenvalue weighted by Gasteiger charge is -2.11. The van der Waals surface area contributed by atoms with Gasteiger partial charge in [-0.15, -0.1) is 0 Å². The van der Waals surface area contributed by atoms with E-state index >= 15 is 0 Å². The molecule has 29 heavy (non-hydrogen) atoms. The molecule has 0 saturated heterocycles. The fourth-order valence-electron chi connectivity index (χ4n) is 2.84. The molecule has 1 aliphatic rings. The van der Waals surface area contributed by atoms with E-state index in [1.165, 1.54) is 0 Å². The fourth-order valence-corrected chi connectivity index (χ4v) is 2.84. The fraction of sp³-hybridized carbons (Fsp3) is 0.227. The van der Waals surface area contributed by atoms with Gasteiger partial charge < -0.3 is 15.8 Å². The van der Waals surface area contributed by atoms with Crippen LogP contribution < -0.4 is 15.8 Å². The zero-order valence-electron chi connectivity index (χ0n) is 16.6. The molecule has 7 nitrogen and oxygen atoms in total. The van der Waals surface area contributed by atoms with E-state index in [-0.39, 0.29) is 5.91 Å². The van der Waals surface area contributed by atoms with Crippen LogP contribution >= 0.6 is 0 Å². The number of nitrogens with two attached hydrogens (primary N) is 1. The number of ether oxygens (including phenoxy) is 1. The summed E-state index contributed by atoms with van der Waals surface area (Å²) in [4.78, 5) is 16.9. The monoisotopic (exact) mass is 391 g/mol. The summed E-state index contributed by atoms with van der Waals surface area (Å²) in [5, 5.41) is 7.12. The normalized spacial score (nSPS) is 12.7. The van der Waals surface area contributed by atoms with Crippen molar-refractivity contribution < 1.29 is 9.53 Å². The summed E-state index contributed by atoms with van der Waals surface area (Å²) in [5.74, 6) is 0.836. The maximum Gasteiger partial charge on any atom is 0.255 e. The Bertz CT molecular complexity index is 1050. The second-order valence-corrected chi connectivity index (χ2v) is 6.11. The highest BCUT2D eigenvalue weighted by Gasteiger charge is 2.11. The predicted octanol–water partition coefficient (Wildman–Crippen LogP) is 3.97. The molecule has 0 radical (unpaired) electrons. The predicted molar refractivity (Wildman–Crippen MR) is 113 cm³/mol. The number of carbonyl (C=O) groups is 1. The van der Waals surface area contributed by atoms with Crippen LogP contribution in [0.3, 0.4) is 0 Å². The summed E-state index contributed by atoms with van der Waals surface area (Å²) in [6.45, 7) is 4.29. The summed E-state index contributed by atoms with van der Waals surface area (Å²) in [7, 11) is 0. The van der Waals surface area contributed by atoms with Crippen LogP contribution in [0.1, 0.15) is 42.7 Å². The van der Waals surface area contributed by atoms with Crippen LogP contribution in [0, 0.1) is 0 Å². The van der Waals surface area contributed by atoms with Crippen molar-refractivity contribution in [3.63, 3.8) is 0 Å². The first kappa shape index (κ1) is 20.3. The van der Waals surface area contributed by atoms with Gasteiger partial charge in [0.05, 0.1) is 11.9 Å². The van der Waals surface area contributed by atoms with Crippen molar-refractivity contribution in [3.8, 4) is 11.6 Å². The molecule has 0 fully saturated rings. The lowest BCUT2D eigenvalue weighted by molar-refractivity contribution is 0.0966. The molecule has 0 atom stereocenters. The summed E-state index contributed by atoms with van der Waals surface area (Å²) in [5.41, 5.74) is 8.39. The third-order valence-electron chi connectivity index (χ3n) is 4.16. The minimum Gasteiger partial charge on any atom is -0.439 e. The highest BCUT2D eigenvalue weighted by atomic mass is 16.5. The molecule has 0 aliphatic heterocycles. The van der Waals surface area contributed by atoms with E-state index in [0.717, 1.165) is 18.5 Å². The average molecular weight is 391 g/mol. The summed E-state index contributed by atoms with van der Waals surface area (Å²) >= 11 is 0. The second-order valence-electron chi connectivity index (χ2n) is 6.11. The van der Waals surface area contributed by atoms with Gasteiger partial charge in [-0.25, -0.2) is 4.98 Å². The molecule has 0 saturated carbocycles. The van der Waals surface area contributed by atoms with Crippen molar-refractivity contribution in [1.82, 2.24) is 19.9 Å². The number of rotatable bonds is 5. The molecule has 1 aromatic carbocycles. The van der Waals surface area contributed by atoms with E-state index in [4.69, 9.17) is 10.5 Å². The standard InChI is InChI=1S/C20H19N5O2.C2H6/c21-13-16-12-19(25-18(23-16)9-10-22-25)27-17-8-4-5-14(11-17)20(26)24-15-6-2-1-3-7-15;1-2/h2,4-12H,1,3,13,21H2,(H,24,26);1-2H3. The van der Waals surface area contributed by atoms with Gasteiger partial charge in [0.15, 0.2) is 5.65 Å². The topological polar surface area (TPSA) is 94.5 Å². The highest BCUT2D eigenvalue weighted by Crippen LogP contribution is 2.23. The summed E-state index contributed by atoms with van der Waals surface area (Å²) < 4.78 is 7.56. The Balaban J connectivity index is 0.00000117. The molecule has 7 heteroatoms. The van der Waals surface area contributed by atoms with Gasteiger partial charge in [-0.3, -0.25) is 4.79 Å². The number of fused-ring (bicyclic) bond motifs is 1. The van der Waals surface area contributed by atoms with Crippen molar-refractivity contribution in [2.75, 3.05) is 0 Å². The van der Waals surface area contributed by atoms with Crippen molar-refractivity contribution in [2.24, 2.45) is 5.73 Å². The minimum absolute atomic E-state index is 0.181. The number of benzene rings is 1. The second kappa shape index (κ2) is 9.66. The summed E-state index contributed by atoms with van der Waals surface area (Å²) in [6.07, 6.45) is 9.55. The molecule has 0 unspecified atom stereocenters. The van der Waals surface area contributed by atoms with Crippen molar-refractivity contribution >= 4 is 11.6 Å². The molecule has 1 aliphatic carbocycles. The number of nitrogens with zero attached hydrogens (tertiary/aromatic N) is 3. The van der Waals surface area contributed by atoms with E-state index in [2.05, 4.69) is 15.4 Å². The minimum atomic E-state index is -0.181. The quantitative estimate of drug-likeness (QED) is 0.686. The molecule has 3 N–H and O–H groups in total. The molecule has 150 valence electrons. The third-order valence-corrected chi connectivity index (χ3v) is 4.16. The zero-order chi connectivity index (χ0) is 20.6. The Morgan fingerprint density at radius 3 is 2.86 bits per heavy atom. The van der Waals surface area contributed by atoms with E-state index in [1.807, 2.05) is 32.1 Å². The SMILES string of the molecule is CC.NCc1cc(Oc2cccc(C(=O)NC3=CCCC=C3)c2)n2nccc2n1. The molecule has 4 rings (SSSR count). The van der Waals surface area contributed by atoms with Crippen LogP contribution in [0.15, 0.2) is 66.5 Å². The van der Waals surface area contributed by atoms with Gasteiger partial charge in [-0.1, -0.05) is 32.1 Å². The maximum absolute atomic E-state index is 12.5. The number of nitrogens with one attached hydrogen (secondary N) is 1. The molecule has 2 aromatic heterocycles. The van der Waals surface area contributed by atoms with Gasteiger partial charge in [0.1, 0.15) is 5.75 Å². The number of aromatic nitrogens is 3. The lowest BCUT2D eigenvalue weighted by atomic mass is 10.1. The first-order chi connectivity index (χ1) is 14.2. The molecule has 0 spiro atoms. The smallest absolute Gasteiger partial charge is 0.255 e. The van der Waals surface area contributed by atoms with E-state index < -0.39 is 0 Å². The number of hydrogen-bond donors (Lipinski definition) is 2. The van der Waals surface area contributed by atoms with E-state index in [9.17, 15) is 4.79 Å². The van der Waals surface area contributed by atoms with Crippen molar-refractivity contribution in [1.29, 1.82) is 0 Å². The number of carbonyl (C=O) groups excluding carboxylic acids is 1. The highest BCUT2D eigenvalue weighted by molar-refractivity contribution is 5.95. The van der Waals surface area contributed by atoms with Crippen molar-refractivity contribution in [3.05, 3.63) is 77.8 Å². The Hall–Kier alpha value is -3.45. The number of hydrogen-bond acceptors (Lipinski definition) is 5. The van der Waals surface area contributed by atoms with E-state index in [1.54, 1.807) is 47.1 Å². The van der Waals surface area contributed by atoms with Crippen LogP contribution in [-0.4, -0.2) is 20.5 Å². The van der Waals surface area contributed by atoms with Crippen LogP contribution in [0.5, 0.6) is 11.6 Å². The zero-order valence-corrected chi connectivity index (χ0v) is 16.6. The van der Waals surface area contributed by atoms with Crippen LogP contribution in [0.4, 0.5) is 0 Å². The first-order valence-corrected chi connectivity index (χ1v) is 9.72. The van der Waals surface area contributed by atoms with Crippen LogP contribution in [0.25, 0.3) is 5.65 Å². The Kier molecular flexibility index (Phi) is 6.76. The Labute approximate surface area is 169 Å². The maximum atomic E-state index is 12.5. The molecule has 3 aromatic rings. The van der Waals surface area contributed by atoms with Gasteiger partial charge in [-0.2, -0.15) is 9.61 Å². The molecular formula is C22H25N5O2. The third kappa shape index (κ3) is 4.89. The Morgan fingerprint density at radius 2 is 2.10 bits per heavy atom. The summed E-state index contributed by atoms with van der Waals surface area (Å²) in [6, 6.07) is 10.5. The van der Waals surface area contributed by atoms with Crippen LogP contribution in [0.2, 0.25) is 0 Å². The van der Waals surface area contributed by atoms with Gasteiger partial charge in [0.2, 0.25) is 5.88 Å². The number of amides is 1. The van der Waals surface area contributed by atoms with Crippen molar-refractivity contribution in [2.45, 2.75) is 33.2 Å². The molecule has 0 bridgehead atoms. The Morgan fingerprint density at radius 1 is 1.24 bits per heavy atom. The van der Waals surface area contributed by atoms with Gasteiger partial charge >= 0.3 is 0 Å². The van der Waals surface area contributed by atoms with Gasteiger partial charge in [0, 0.05) is 29.9 Å². The molecular weight excluding hydrogens is 366 g/mol. The average Bonchev–Trinajstić information content (AvgIpc) is 3.25. The van der Waals surface area contributed by atoms with Crippen LogP contribution in [-0.2, 0) is 6.54 Å². The van der Waals surface area contributed by atoms with Gasteiger partial charge in [0.25, 0.3) is 5.91 Å². The largest absolute Gasteiger partial charge is 0.439 e. The lowest BCUT2D eigenvalue weighted by Crippen LogP contribution is -2.22. The molecule has 2 heterocycles. The van der Waals surface area contributed by atoms with E-state index in [0.29, 0.717) is 35.1 Å². The molecule has 1 amide bonds. The first-order valence-electron chi connectivity index (χ1n) is 9.72. The van der Waals surface area contributed by atoms with Gasteiger partial charge in [-0.05, 0) is 37.1 Å². The number of allylic oxidation sites excluding steroid dienone is 3.